The first-order valence-electron chi connectivity index (χ1n) is 6.10. The Hall–Kier alpha value is -1.62. The Morgan fingerprint density at radius 3 is 2.42 bits per heavy atom. The van der Waals surface area contributed by atoms with E-state index in [0.717, 1.165) is 17.3 Å². The van der Waals surface area contributed by atoms with Crippen LogP contribution < -0.4 is 10.9 Å². The first kappa shape index (κ1) is 13.8. The van der Waals surface area contributed by atoms with Crippen molar-refractivity contribution in [1.82, 2.24) is 10.9 Å². The van der Waals surface area contributed by atoms with Crippen molar-refractivity contribution in [1.29, 1.82) is 0 Å². The summed E-state index contributed by atoms with van der Waals surface area (Å²) in [6.45, 7) is 1.74. The lowest BCUT2D eigenvalue weighted by molar-refractivity contribution is -0.123. The highest BCUT2D eigenvalue weighted by Crippen LogP contribution is 2.28. The van der Waals surface area contributed by atoms with E-state index >= 15 is 0 Å². The molecule has 0 aromatic heterocycles. The molecule has 1 aromatic carbocycles. The summed E-state index contributed by atoms with van der Waals surface area (Å²) < 4.78 is 0.930. The Labute approximate surface area is 120 Å². The van der Waals surface area contributed by atoms with Gasteiger partial charge in [-0.25, -0.2) is 0 Å². The van der Waals surface area contributed by atoms with E-state index in [4.69, 9.17) is 0 Å². The third-order valence-corrected chi connectivity index (χ3v) is 3.34. The molecule has 1 saturated carbocycles. The van der Waals surface area contributed by atoms with Crippen molar-refractivity contribution in [2.45, 2.75) is 19.8 Å². The van der Waals surface area contributed by atoms with E-state index < -0.39 is 0 Å². The van der Waals surface area contributed by atoms with Crippen LogP contribution in [0.1, 0.15) is 30.1 Å². The van der Waals surface area contributed by atoms with Crippen molar-refractivity contribution in [3.8, 4) is 0 Å². The SMILES string of the molecule is C/C(=C\C(=O)c1ccc(Br)cc1)NNC(=O)C1CC1. The number of hydrazine groups is 1. The Bertz CT molecular complexity index is 519. The van der Waals surface area contributed by atoms with Crippen LogP contribution in [0.3, 0.4) is 0 Å². The van der Waals surface area contributed by atoms with Gasteiger partial charge >= 0.3 is 0 Å². The molecule has 1 amide bonds. The molecule has 0 saturated heterocycles. The molecule has 1 aromatic rings. The van der Waals surface area contributed by atoms with Gasteiger partial charge in [0.05, 0.1) is 0 Å². The minimum atomic E-state index is -0.0989. The molecule has 1 fully saturated rings. The van der Waals surface area contributed by atoms with Gasteiger partial charge in [-0.2, -0.15) is 0 Å². The zero-order valence-electron chi connectivity index (χ0n) is 10.6. The third kappa shape index (κ3) is 4.21. The third-order valence-electron chi connectivity index (χ3n) is 2.81. The molecule has 2 rings (SSSR count). The van der Waals surface area contributed by atoms with Gasteiger partial charge in [0.2, 0.25) is 5.91 Å². The van der Waals surface area contributed by atoms with Crippen molar-refractivity contribution in [3.05, 3.63) is 46.1 Å². The number of hydrogen-bond acceptors (Lipinski definition) is 3. The Balaban J connectivity index is 1.89. The fourth-order valence-corrected chi connectivity index (χ4v) is 1.80. The van der Waals surface area contributed by atoms with Gasteiger partial charge in [-0.05, 0) is 44.0 Å². The van der Waals surface area contributed by atoms with E-state index in [2.05, 4.69) is 26.8 Å². The van der Waals surface area contributed by atoms with Crippen molar-refractivity contribution >= 4 is 27.6 Å². The zero-order valence-corrected chi connectivity index (χ0v) is 12.2. The molecule has 19 heavy (non-hydrogen) atoms. The second-order valence-corrected chi connectivity index (χ2v) is 5.50. The van der Waals surface area contributed by atoms with E-state index in [1.165, 1.54) is 6.08 Å². The first-order chi connectivity index (χ1) is 9.06. The highest BCUT2D eigenvalue weighted by Gasteiger charge is 2.29. The number of halogens is 1. The summed E-state index contributed by atoms with van der Waals surface area (Å²) in [5.74, 6) is 0.0319. The summed E-state index contributed by atoms with van der Waals surface area (Å²) in [6.07, 6.45) is 3.37. The Morgan fingerprint density at radius 1 is 1.21 bits per heavy atom. The monoisotopic (exact) mass is 322 g/mol. The molecule has 0 atom stereocenters. The lowest BCUT2D eigenvalue weighted by Gasteiger charge is -2.07. The molecular weight excluding hydrogens is 308 g/mol. The lowest BCUT2D eigenvalue weighted by atomic mass is 10.1. The van der Waals surface area contributed by atoms with Gasteiger partial charge in [0, 0.05) is 27.7 Å². The maximum absolute atomic E-state index is 11.9. The van der Waals surface area contributed by atoms with E-state index in [9.17, 15) is 9.59 Å². The first-order valence-corrected chi connectivity index (χ1v) is 6.89. The molecule has 100 valence electrons. The van der Waals surface area contributed by atoms with Gasteiger partial charge in [0.1, 0.15) is 0 Å². The van der Waals surface area contributed by atoms with Crippen molar-refractivity contribution in [2.75, 3.05) is 0 Å². The van der Waals surface area contributed by atoms with Crippen molar-refractivity contribution in [2.24, 2.45) is 5.92 Å². The topological polar surface area (TPSA) is 58.2 Å². The summed E-state index contributed by atoms with van der Waals surface area (Å²) in [5, 5.41) is 0. The summed E-state index contributed by atoms with van der Waals surface area (Å²) in [7, 11) is 0. The predicted octanol–water partition coefficient (Wildman–Crippen LogP) is 2.57. The van der Waals surface area contributed by atoms with Gasteiger partial charge in [-0.15, -0.1) is 0 Å². The van der Waals surface area contributed by atoms with Crippen LogP contribution in [-0.4, -0.2) is 11.7 Å². The summed E-state index contributed by atoms with van der Waals surface area (Å²) in [4.78, 5) is 23.3. The van der Waals surface area contributed by atoms with Crippen LogP contribution in [0.2, 0.25) is 0 Å². The molecule has 1 aliphatic carbocycles. The van der Waals surface area contributed by atoms with E-state index in [1.54, 1.807) is 19.1 Å². The number of rotatable bonds is 5. The van der Waals surface area contributed by atoms with E-state index in [-0.39, 0.29) is 17.6 Å². The maximum atomic E-state index is 11.9. The number of benzene rings is 1. The molecule has 0 spiro atoms. The second-order valence-electron chi connectivity index (χ2n) is 4.59. The predicted molar refractivity (Wildman–Crippen MR) is 76.2 cm³/mol. The molecule has 1 aliphatic rings. The largest absolute Gasteiger partial charge is 0.303 e. The highest BCUT2D eigenvalue weighted by molar-refractivity contribution is 9.10. The van der Waals surface area contributed by atoms with Crippen LogP contribution in [0, 0.1) is 5.92 Å². The number of nitrogens with one attached hydrogen (secondary N) is 2. The minimum Gasteiger partial charge on any atom is -0.303 e. The van der Waals surface area contributed by atoms with Gasteiger partial charge < -0.3 is 5.43 Å². The van der Waals surface area contributed by atoms with Gasteiger partial charge in [0.25, 0.3) is 0 Å². The van der Waals surface area contributed by atoms with Crippen LogP contribution in [0.4, 0.5) is 0 Å². The molecule has 0 heterocycles. The van der Waals surface area contributed by atoms with Crippen molar-refractivity contribution in [3.63, 3.8) is 0 Å². The number of ketones is 1. The van der Waals surface area contributed by atoms with Gasteiger partial charge in [-0.1, -0.05) is 15.9 Å². The van der Waals surface area contributed by atoms with Crippen LogP contribution in [0.15, 0.2) is 40.5 Å². The van der Waals surface area contributed by atoms with Crippen LogP contribution in [0.5, 0.6) is 0 Å². The van der Waals surface area contributed by atoms with E-state index in [1.807, 2.05) is 12.1 Å². The smallest absolute Gasteiger partial charge is 0.241 e. The summed E-state index contributed by atoms with van der Waals surface area (Å²) in [5.41, 5.74) is 6.56. The molecule has 2 N–H and O–H groups in total. The quantitative estimate of drug-likeness (QED) is 0.497. The van der Waals surface area contributed by atoms with E-state index in [0.29, 0.717) is 11.3 Å². The minimum absolute atomic E-state index is 0.0103. The molecule has 4 nitrogen and oxygen atoms in total. The van der Waals surface area contributed by atoms with Crippen LogP contribution in [-0.2, 0) is 4.79 Å². The number of hydrogen-bond donors (Lipinski definition) is 2. The standard InChI is InChI=1S/C14H15BrN2O2/c1-9(16-17-14(19)11-2-3-11)8-13(18)10-4-6-12(15)7-5-10/h4-8,11,16H,2-3H2,1H3,(H,17,19)/b9-8+. The zero-order chi connectivity index (χ0) is 13.8. The number of carbonyl (C=O) groups is 2. The van der Waals surface area contributed by atoms with Gasteiger partial charge in [0.15, 0.2) is 5.78 Å². The molecule has 0 unspecified atom stereocenters. The average molecular weight is 323 g/mol. The number of carbonyl (C=O) groups excluding carboxylic acids is 2. The van der Waals surface area contributed by atoms with Gasteiger partial charge in [-0.3, -0.25) is 15.0 Å². The highest BCUT2D eigenvalue weighted by atomic mass is 79.9. The Morgan fingerprint density at radius 2 is 1.84 bits per heavy atom. The van der Waals surface area contributed by atoms with Crippen LogP contribution in [0.25, 0.3) is 0 Å². The Kier molecular flexibility index (Phi) is 4.37. The fourth-order valence-electron chi connectivity index (χ4n) is 1.54. The molecule has 0 radical (unpaired) electrons. The number of allylic oxidation sites excluding steroid dienone is 2. The molecular formula is C14H15BrN2O2. The second kappa shape index (κ2) is 6.02. The maximum Gasteiger partial charge on any atom is 0.241 e. The molecule has 5 heteroatoms. The average Bonchev–Trinajstić information content (AvgIpc) is 3.21. The summed E-state index contributed by atoms with van der Waals surface area (Å²) >= 11 is 3.32. The summed E-state index contributed by atoms with van der Waals surface area (Å²) in [6, 6.07) is 7.13. The molecule has 0 bridgehead atoms. The normalized spacial score (nSPS) is 14.9. The van der Waals surface area contributed by atoms with Crippen LogP contribution >= 0.6 is 15.9 Å². The number of amides is 1. The van der Waals surface area contributed by atoms with Crippen molar-refractivity contribution < 1.29 is 9.59 Å². The molecule has 0 aliphatic heterocycles. The fraction of sp³-hybridized carbons (Fsp3) is 0.286. The lowest BCUT2D eigenvalue weighted by Crippen LogP contribution is -2.37.